The number of alkyl halides is 3. The van der Waals surface area contributed by atoms with Crippen molar-refractivity contribution in [1.29, 1.82) is 0 Å². The molecule has 6 N–H and O–H groups in total. The number of nitrogens with one attached hydrogen (secondary N) is 1. The highest BCUT2D eigenvalue weighted by molar-refractivity contribution is 5.83. The molecule has 0 spiro atoms. The summed E-state index contributed by atoms with van der Waals surface area (Å²) in [6.07, 6.45) is -1.34. The van der Waals surface area contributed by atoms with E-state index in [2.05, 4.69) is 26.5 Å². The standard InChI is InChI=1S/C14H17N5O3.C6H12O2.C2H3F3/c15-5-1-2-8-6-19(10-4-3-9(7-20)22-10)12-11(8)13(21)18-14(16)17-12;1-6(2,3)5(7)8-4;1-2(3,4)5/h6,9-10,20H,3-5,7,15H2,(H3,16,17,18,21);1-4H3;1H3. The van der Waals surface area contributed by atoms with Crippen LogP contribution in [0.1, 0.15) is 52.3 Å². The zero-order chi connectivity index (χ0) is 27.0. The quantitative estimate of drug-likeness (QED) is 0.358. The molecule has 13 heteroatoms. The van der Waals surface area contributed by atoms with Crippen molar-refractivity contribution < 1.29 is 32.5 Å². The van der Waals surface area contributed by atoms with Crippen molar-refractivity contribution in [3.8, 4) is 11.8 Å². The molecule has 2 atom stereocenters. The largest absolute Gasteiger partial charge is 0.469 e. The second-order valence-corrected chi connectivity index (χ2v) is 8.60. The molecule has 1 aliphatic rings. The van der Waals surface area contributed by atoms with Gasteiger partial charge in [-0.05, 0) is 33.6 Å². The molecule has 3 heterocycles. The van der Waals surface area contributed by atoms with Gasteiger partial charge in [0.2, 0.25) is 5.95 Å². The first kappa shape index (κ1) is 30.0. The van der Waals surface area contributed by atoms with E-state index in [1.807, 2.05) is 20.8 Å². The fraction of sp³-hybridized carbons (Fsp3) is 0.591. The van der Waals surface area contributed by atoms with E-state index in [0.717, 1.165) is 6.42 Å². The number of anilines is 1. The predicted molar refractivity (Wildman–Crippen MR) is 124 cm³/mol. The van der Waals surface area contributed by atoms with Crippen LogP contribution in [-0.2, 0) is 14.3 Å². The van der Waals surface area contributed by atoms with Crippen molar-refractivity contribution in [3.63, 3.8) is 0 Å². The molecule has 10 nitrogen and oxygen atoms in total. The van der Waals surface area contributed by atoms with Gasteiger partial charge in [0.15, 0.2) is 5.65 Å². The van der Waals surface area contributed by atoms with Crippen LogP contribution in [0.25, 0.3) is 11.0 Å². The number of ether oxygens (including phenoxy) is 2. The summed E-state index contributed by atoms with van der Waals surface area (Å²) in [6, 6.07) is 0. The van der Waals surface area contributed by atoms with E-state index in [-0.39, 0.29) is 55.3 Å². The number of fused-ring (bicyclic) bond motifs is 1. The number of aromatic amines is 1. The van der Waals surface area contributed by atoms with Crippen LogP contribution >= 0.6 is 0 Å². The number of H-pyrrole nitrogens is 1. The van der Waals surface area contributed by atoms with Crippen molar-refractivity contribution in [2.24, 2.45) is 11.1 Å². The average Bonchev–Trinajstić information content (AvgIpc) is 3.34. The number of rotatable bonds is 2. The van der Waals surface area contributed by atoms with Crippen LogP contribution in [0.3, 0.4) is 0 Å². The van der Waals surface area contributed by atoms with Gasteiger partial charge < -0.3 is 30.6 Å². The van der Waals surface area contributed by atoms with Gasteiger partial charge in [-0.1, -0.05) is 11.8 Å². The lowest BCUT2D eigenvalue weighted by Crippen LogP contribution is -2.21. The number of carbonyl (C=O) groups excluding carboxylic acids is 1. The number of hydrogen-bond acceptors (Lipinski definition) is 8. The van der Waals surface area contributed by atoms with Crippen molar-refractivity contribution in [2.75, 3.05) is 26.0 Å². The van der Waals surface area contributed by atoms with Gasteiger partial charge in [0.25, 0.3) is 5.56 Å². The van der Waals surface area contributed by atoms with Gasteiger partial charge in [0.05, 0.1) is 42.7 Å². The molecule has 2 aromatic rings. The summed E-state index contributed by atoms with van der Waals surface area (Å²) in [5.74, 6) is 5.47. The Morgan fingerprint density at radius 1 is 1.34 bits per heavy atom. The topological polar surface area (TPSA) is 158 Å². The van der Waals surface area contributed by atoms with Crippen LogP contribution in [-0.4, -0.2) is 58.2 Å². The van der Waals surface area contributed by atoms with Gasteiger partial charge in [-0.3, -0.25) is 14.6 Å². The molecule has 196 valence electrons. The first-order chi connectivity index (χ1) is 16.1. The summed E-state index contributed by atoms with van der Waals surface area (Å²) in [5.41, 5.74) is 11.3. The number of halogens is 3. The number of nitrogens with zero attached hydrogens (tertiary/aromatic N) is 2. The zero-order valence-corrected chi connectivity index (χ0v) is 20.3. The molecule has 0 aromatic carbocycles. The molecular formula is C22H32F3N5O5. The highest BCUT2D eigenvalue weighted by Gasteiger charge is 2.28. The van der Waals surface area contributed by atoms with Crippen molar-refractivity contribution >= 4 is 23.0 Å². The SMILES string of the molecule is CC(F)(F)F.COC(=O)C(C)(C)C.NCC#Cc1cn(C2CCC(CO)O2)c2nc(N)[nH]c(=O)c12. The third-order valence-corrected chi connectivity index (χ3v) is 4.42. The van der Waals surface area contributed by atoms with Crippen molar-refractivity contribution in [1.82, 2.24) is 14.5 Å². The lowest BCUT2D eigenvalue weighted by molar-refractivity contribution is -0.149. The highest BCUT2D eigenvalue weighted by atomic mass is 19.4. The Morgan fingerprint density at radius 2 is 1.94 bits per heavy atom. The van der Waals surface area contributed by atoms with E-state index in [0.29, 0.717) is 23.0 Å². The Morgan fingerprint density at radius 3 is 2.37 bits per heavy atom. The number of aliphatic hydroxyl groups excluding tert-OH is 1. The summed E-state index contributed by atoms with van der Waals surface area (Å²) in [6.45, 7) is 5.80. The van der Waals surface area contributed by atoms with Crippen LogP contribution in [0, 0.1) is 17.3 Å². The maximum absolute atomic E-state index is 12.2. The Kier molecular flexibility index (Phi) is 10.8. The monoisotopic (exact) mass is 503 g/mol. The maximum atomic E-state index is 12.2. The summed E-state index contributed by atoms with van der Waals surface area (Å²) < 4.78 is 43.0. The molecule has 0 saturated carbocycles. The molecule has 2 unspecified atom stereocenters. The third kappa shape index (κ3) is 9.59. The lowest BCUT2D eigenvalue weighted by atomic mass is 9.98. The molecule has 1 aliphatic heterocycles. The maximum Gasteiger partial charge on any atom is 0.386 e. The Labute approximate surface area is 200 Å². The number of carbonyl (C=O) groups is 1. The zero-order valence-electron chi connectivity index (χ0n) is 20.3. The van der Waals surface area contributed by atoms with E-state index in [9.17, 15) is 27.9 Å². The summed E-state index contributed by atoms with van der Waals surface area (Å²) >= 11 is 0. The molecule has 0 aliphatic carbocycles. The van der Waals surface area contributed by atoms with Crippen LogP contribution < -0.4 is 17.0 Å². The Balaban J connectivity index is 0.000000392. The van der Waals surface area contributed by atoms with Gasteiger partial charge in [-0.15, -0.1) is 0 Å². The number of methoxy groups -OCH3 is 1. The van der Waals surface area contributed by atoms with Crippen LogP contribution in [0.2, 0.25) is 0 Å². The van der Waals surface area contributed by atoms with E-state index < -0.39 is 6.18 Å². The van der Waals surface area contributed by atoms with Crippen LogP contribution in [0.5, 0.6) is 0 Å². The number of aromatic nitrogens is 3. The van der Waals surface area contributed by atoms with Crippen LogP contribution in [0.4, 0.5) is 19.1 Å². The average molecular weight is 504 g/mol. The van der Waals surface area contributed by atoms with Gasteiger partial charge >= 0.3 is 12.1 Å². The first-order valence-corrected chi connectivity index (χ1v) is 10.6. The van der Waals surface area contributed by atoms with Gasteiger partial charge in [0.1, 0.15) is 6.23 Å². The molecule has 2 aromatic heterocycles. The number of esters is 1. The Hall–Kier alpha value is -3.08. The second kappa shape index (κ2) is 12.6. The van der Waals surface area contributed by atoms with E-state index in [4.69, 9.17) is 16.2 Å². The normalized spacial score (nSPS) is 17.4. The minimum Gasteiger partial charge on any atom is -0.469 e. The van der Waals surface area contributed by atoms with Gasteiger partial charge in [-0.25, -0.2) is 0 Å². The smallest absolute Gasteiger partial charge is 0.386 e. The van der Waals surface area contributed by atoms with E-state index in [1.54, 1.807) is 10.8 Å². The summed E-state index contributed by atoms with van der Waals surface area (Å²) in [5, 5.41) is 9.56. The van der Waals surface area contributed by atoms with E-state index in [1.165, 1.54) is 7.11 Å². The molecular weight excluding hydrogens is 471 g/mol. The molecule has 0 bridgehead atoms. The minimum absolute atomic E-state index is 0.0342. The minimum atomic E-state index is -4.00. The van der Waals surface area contributed by atoms with E-state index >= 15 is 0 Å². The predicted octanol–water partition coefficient (Wildman–Crippen LogP) is 2.06. The van der Waals surface area contributed by atoms with Gasteiger partial charge in [0, 0.05) is 13.1 Å². The van der Waals surface area contributed by atoms with Crippen molar-refractivity contribution in [3.05, 3.63) is 22.1 Å². The van der Waals surface area contributed by atoms with Gasteiger partial charge in [-0.2, -0.15) is 18.2 Å². The fourth-order valence-electron chi connectivity index (χ4n) is 2.97. The molecule has 0 amide bonds. The number of hydrogen-bond donors (Lipinski definition) is 4. The molecule has 1 saturated heterocycles. The molecule has 3 rings (SSSR count). The first-order valence-electron chi connectivity index (χ1n) is 10.6. The number of nitrogen functional groups attached to an aromatic ring is 1. The lowest BCUT2D eigenvalue weighted by Gasteiger charge is -2.14. The van der Waals surface area contributed by atoms with Crippen LogP contribution in [0.15, 0.2) is 11.0 Å². The third-order valence-electron chi connectivity index (χ3n) is 4.42. The van der Waals surface area contributed by atoms with Crippen molar-refractivity contribution in [2.45, 2.75) is 59.0 Å². The molecule has 1 fully saturated rings. The molecule has 0 radical (unpaired) electrons. The summed E-state index contributed by atoms with van der Waals surface area (Å²) in [7, 11) is 1.40. The highest BCUT2D eigenvalue weighted by Crippen LogP contribution is 2.31. The number of aliphatic hydroxyl groups is 1. The fourth-order valence-corrected chi connectivity index (χ4v) is 2.97. The second-order valence-electron chi connectivity index (χ2n) is 8.60. The Bertz CT molecular complexity index is 1100. The molecule has 35 heavy (non-hydrogen) atoms. The number of nitrogens with two attached hydrogens (primary N) is 2. The summed E-state index contributed by atoms with van der Waals surface area (Å²) in [4.78, 5) is 29.5.